The molecular formula is C19H13F4N3O2S. The van der Waals surface area contributed by atoms with Crippen LogP contribution in [0.2, 0.25) is 0 Å². The summed E-state index contributed by atoms with van der Waals surface area (Å²) in [6.07, 6.45) is -4.69. The maximum absolute atomic E-state index is 12.9. The van der Waals surface area contributed by atoms with E-state index in [4.69, 9.17) is 0 Å². The van der Waals surface area contributed by atoms with Crippen molar-refractivity contribution in [3.63, 3.8) is 0 Å². The van der Waals surface area contributed by atoms with Gasteiger partial charge in [-0.15, -0.1) is 11.3 Å². The van der Waals surface area contributed by atoms with E-state index in [1.807, 2.05) is 0 Å². The van der Waals surface area contributed by atoms with Crippen molar-refractivity contribution < 1.29 is 27.2 Å². The molecule has 2 aromatic carbocycles. The van der Waals surface area contributed by atoms with Crippen LogP contribution in [-0.2, 0) is 17.4 Å². The fourth-order valence-corrected chi connectivity index (χ4v) is 3.06. The van der Waals surface area contributed by atoms with Crippen LogP contribution in [0, 0.1) is 5.82 Å². The summed E-state index contributed by atoms with van der Waals surface area (Å²) >= 11 is 1.08. The number of nitrogens with zero attached hydrogens (tertiary/aromatic N) is 1. The number of benzene rings is 2. The van der Waals surface area contributed by atoms with E-state index in [9.17, 15) is 27.2 Å². The highest BCUT2D eigenvalue weighted by molar-refractivity contribution is 7.14. The van der Waals surface area contributed by atoms with Crippen molar-refractivity contribution in [2.45, 2.75) is 12.6 Å². The Hall–Kier alpha value is -3.27. The monoisotopic (exact) mass is 423 g/mol. The lowest BCUT2D eigenvalue weighted by Gasteiger charge is -2.09. The molecule has 2 amide bonds. The number of aromatic nitrogens is 1. The Labute approximate surface area is 166 Å². The van der Waals surface area contributed by atoms with Crippen molar-refractivity contribution in [3.8, 4) is 0 Å². The summed E-state index contributed by atoms with van der Waals surface area (Å²) < 4.78 is 51.1. The van der Waals surface area contributed by atoms with Gasteiger partial charge in [-0.2, -0.15) is 13.2 Å². The Morgan fingerprint density at radius 3 is 2.45 bits per heavy atom. The summed E-state index contributed by atoms with van der Waals surface area (Å²) in [5, 5.41) is 6.71. The van der Waals surface area contributed by atoms with E-state index < -0.39 is 29.4 Å². The normalized spacial score (nSPS) is 11.2. The maximum Gasteiger partial charge on any atom is 0.416 e. The minimum Gasteiger partial charge on any atom is -0.326 e. The molecule has 0 radical (unpaired) electrons. The maximum atomic E-state index is 12.9. The molecule has 0 fully saturated rings. The van der Waals surface area contributed by atoms with E-state index in [1.54, 1.807) is 5.38 Å². The first-order valence-electron chi connectivity index (χ1n) is 8.19. The molecule has 0 aliphatic rings. The van der Waals surface area contributed by atoms with Gasteiger partial charge in [0.15, 0.2) is 5.13 Å². The first-order valence-corrected chi connectivity index (χ1v) is 9.07. The van der Waals surface area contributed by atoms with Gasteiger partial charge in [0, 0.05) is 16.6 Å². The number of alkyl halides is 3. The molecule has 0 saturated carbocycles. The van der Waals surface area contributed by atoms with E-state index in [0.717, 1.165) is 35.6 Å². The molecule has 29 heavy (non-hydrogen) atoms. The molecule has 2 N–H and O–H groups in total. The van der Waals surface area contributed by atoms with Gasteiger partial charge in [-0.05, 0) is 42.5 Å². The zero-order valence-corrected chi connectivity index (χ0v) is 15.4. The Balaban J connectivity index is 1.59. The van der Waals surface area contributed by atoms with Crippen LogP contribution in [-0.4, -0.2) is 16.8 Å². The zero-order valence-electron chi connectivity index (χ0n) is 14.6. The van der Waals surface area contributed by atoms with E-state index in [1.165, 1.54) is 24.3 Å². The predicted octanol–water partition coefficient (Wildman–Crippen LogP) is 4.73. The number of carbonyl (C=O) groups excluding carboxylic acids is 2. The van der Waals surface area contributed by atoms with Crippen LogP contribution in [0.3, 0.4) is 0 Å². The smallest absolute Gasteiger partial charge is 0.326 e. The van der Waals surface area contributed by atoms with E-state index in [0.29, 0.717) is 5.69 Å². The molecule has 0 unspecified atom stereocenters. The van der Waals surface area contributed by atoms with Gasteiger partial charge in [0.1, 0.15) is 5.82 Å². The van der Waals surface area contributed by atoms with Gasteiger partial charge < -0.3 is 5.32 Å². The summed E-state index contributed by atoms with van der Waals surface area (Å²) in [6, 6.07) is 9.25. The Bertz CT molecular complexity index is 1030. The number of rotatable bonds is 5. The van der Waals surface area contributed by atoms with E-state index in [-0.39, 0.29) is 22.8 Å². The molecule has 10 heteroatoms. The largest absolute Gasteiger partial charge is 0.416 e. The van der Waals surface area contributed by atoms with Crippen LogP contribution in [0.1, 0.15) is 21.6 Å². The third-order valence-corrected chi connectivity index (χ3v) is 4.50. The quantitative estimate of drug-likeness (QED) is 0.583. The van der Waals surface area contributed by atoms with Gasteiger partial charge >= 0.3 is 6.18 Å². The molecule has 3 rings (SSSR count). The van der Waals surface area contributed by atoms with E-state index in [2.05, 4.69) is 15.6 Å². The average Bonchev–Trinajstić information content (AvgIpc) is 3.08. The first kappa shape index (κ1) is 20.5. The molecule has 0 atom stereocenters. The molecule has 0 aliphatic heterocycles. The molecule has 0 saturated heterocycles. The summed E-state index contributed by atoms with van der Waals surface area (Å²) in [7, 11) is 0. The second-order valence-electron chi connectivity index (χ2n) is 5.91. The van der Waals surface area contributed by atoms with Crippen molar-refractivity contribution >= 4 is 34.0 Å². The summed E-state index contributed by atoms with van der Waals surface area (Å²) in [6.45, 7) is 0. The SMILES string of the molecule is O=C(Cc1csc(NC(=O)c2ccc(F)cc2)n1)Nc1cccc(C(F)(F)F)c1. The minimum atomic E-state index is -4.51. The Morgan fingerprint density at radius 2 is 1.76 bits per heavy atom. The highest BCUT2D eigenvalue weighted by Crippen LogP contribution is 2.30. The molecule has 0 bridgehead atoms. The summed E-state index contributed by atoms with van der Waals surface area (Å²) in [5.74, 6) is -1.50. The van der Waals surface area contributed by atoms with Crippen LogP contribution < -0.4 is 10.6 Å². The highest BCUT2D eigenvalue weighted by Gasteiger charge is 2.30. The summed E-state index contributed by atoms with van der Waals surface area (Å²) in [4.78, 5) is 28.3. The molecule has 3 aromatic rings. The molecule has 1 aromatic heterocycles. The fourth-order valence-electron chi connectivity index (χ4n) is 2.36. The Kier molecular flexibility index (Phi) is 5.92. The lowest BCUT2D eigenvalue weighted by molar-refractivity contribution is -0.137. The van der Waals surface area contributed by atoms with Crippen LogP contribution >= 0.6 is 11.3 Å². The number of hydrogen-bond acceptors (Lipinski definition) is 4. The van der Waals surface area contributed by atoms with Crippen molar-refractivity contribution in [1.82, 2.24) is 4.98 Å². The molecular weight excluding hydrogens is 410 g/mol. The first-order chi connectivity index (χ1) is 13.7. The van der Waals surface area contributed by atoms with Crippen LogP contribution in [0.15, 0.2) is 53.9 Å². The van der Waals surface area contributed by atoms with Gasteiger partial charge in [0.05, 0.1) is 17.7 Å². The zero-order chi connectivity index (χ0) is 21.0. The van der Waals surface area contributed by atoms with Gasteiger partial charge in [-0.1, -0.05) is 6.07 Å². The number of hydrogen-bond donors (Lipinski definition) is 2. The van der Waals surface area contributed by atoms with Crippen LogP contribution in [0.25, 0.3) is 0 Å². The van der Waals surface area contributed by atoms with Gasteiger partial charge in [0.2, 0.25) is 5.91 Å². The second kappa shape index (κ2) is 8.39. The van der Waals surface area contributed by atoms with Crippen molar-refractivity contribution in [2.24, 2.45) is 0 Å². The standard InChI is InChI=1S/C19H13F4N3O2S/c20-13-6-4-11(5-7-13)17(28)26-18-25-15(10-29-18)9-16(27)24-14-3-1-2-12(8-14)19(21,22)23/h1-8,10H,9H2,(H,24,27)(H,25,26,28). The number of thiazole rings is 1. The molecule has 0 spiro atoms. The average molecular weight is 423 g/mol. The molecule has 0 aliphatic carbocycles. The number of carbonyl (C=O) groups is 2. The fraction of sp³-hybridized carbons (Fsp3) is 0.105. The van der Waals surface area contributed by atoms with Crippen LogP contribution in [0.4, 0.5) is 28.4 Å². The van der Waals surface area contributed by atoms with Crippen molar-refractivity contribution in [2.75, 3.05) is 10.6 Å². The molecule has 1 heterocycles. The van der Waals surface area contributed by atoms with Gasteiger partial charge in [-0.3, -0.25) is 14.9 Å². The lowest BCUT2D eigenvalue weighted by atomic mass is 10.2. The highest BCUT2D eigenvalue weighted by atomic mass is 32.1. The molecule has 150 valence electrons. The van der Waals surface area contributed by atoms with Crippen molar-refractivity contribution in [3.05, 3.63) is 76.5 Å². The lowest BCUT2D eigenvalue weighted by Crippen LogP contribution is -2.16. The number of amides is 2. The Morgan fingerprint density at radius 1 is 1.03 bits per heavy atom. The van der Waals surface area contributed by atoms with Crippen molar-refractivity contribution in [1.29, 1.82) is 0 Å². The minimum absolute atomic E-state index is 0.0184. The van der Waals surface area contributed by atoms with Gasteiger partial charge in [0.25, 0.3) is 5.91 Å². The molecule has 5 nitrogen and oxygen atoms in total. The third-order valence-electron chi connectivity index (χ3n) is 3.69. The van der Waals surface area contributed by atoms with Crippen LogP contribution in [0.5, 0.6) is 0 Å². The van der Waals surface area contributed by atoms with Gasteiger partial charge in [-0.25, -0.2) is 9.37 Å². The number of anilines is 2. The topological polar surface area (TPSA) is 71.1 Å². The number of halogens is 4. The summed E-state index contributed by atoms with van der Waals surface area (Å²) in [5.41, 5.74) is -0.265. The second-order valence-corrected chi connectivity index (χ2v) is 6.77. The predicted molar refractivity (Wildman–Crippen MR) is 100 cm³/mol. The number of nitrogens with one attached hydrogen (secondary N) is 2. The van der Waals surface area contributed by atoms with E-state index >= 15 is 0 Å². The third kappa shape index (κ3) is 5.61.